The number of hydrogen-bond acceptors (Lipinski definition) is 2. The van der Waals surface area contributed by atoms with Crippen LogP contribution in [0.5, 0.6) is 0 Å². The highest BCUT2D eigenvalue weighted by atomic mass is 35.5. The van der Waals surface area contributed by atoms with Crippen LogP contribution in [0.3, 0.4) is 0 Å². The number of halogens is 1. The molecule has 0 atom stereocenters. The lowest BCUT2D eigenvalue weighted by molar-refractivity contribution is 1.13. The molecule has 0 spiro atoms. The lowest BCUT2D eigenvalue weighted by Crippen LogP contribution is -2.00. The zero-order chi connectivity index (χ0) is 12.1. The summed E-state index contributed by atoms with van der Waals surface area (Å²) in [6.07, 6.45) is 2.08. The molecule has 0 aliphatic carbocycles. The first-order chi connectivity index (χ1) is 8.31. The maximum Gasteiger partial charge on any atom is 0.0480 e. The lowest BCUT2D eigenvalue weighted by atomic mass is 10.2. The molecule has 1 N–H and O–H groups in total. The Labute approximate surface area is 111 Å². The van der Waals surface area contributed by atoms with Gasteiger partial charge in [0.1, 0.15) is 0 Å². The third kappa shape index (κ3) is 3.18. The van der Waals surface area contributed by atoms with E-state index in [1.807, 2.05) is 36.4 Å². The first-order valence-corrected chi connectivity index (χ1v) is 7.02. The van der Waals surface area contributed by atoms with Crippen LogP contribution in [0.15, 0.2) is 53.4 Å². The molecule has 0 unspecified atom stereocenters. The van der Waals surface area contributed by atoms with Crippen molar-refractivity contribution < 1.29 is 0 Å². The number of rotatable bonds is 4. The van der Waals surface area contributed by atoms with Crippen molar-refractivity contribution in [3.05, 3.63) is 59.1 Å². The van der Waals surface area contributed by atoms with Crippen LogP contribution in [-0.4, -0.2) is 6.26 Å². The SMILES string of the molecule is CSc1ccccc1NCc1ccccc1Cl. The smallest absolute Gasteiger partial charge is 0.0480 e. The Balaban J connectivity index is 2.10. The Morgan fingerprint density at radius 1 is 1.06 bits per heavy atom. The highest BCUT2D eigenvalue weighted by molar-refractivity contribution is 7.98. The third-order valence-electron chi connectivity index (χ3n) is 2.53. The number of thioether (sulfide) groups is 1. The van der Waals surface area contributed by atoms with Crippen molar-refractivity contribution in [2.75, 3.05) is 11.6 Å². The van der Waals surface area contributed by atoms with Crippen molar-refractivity contribution in [2.45, 2.75) is 11.4 Å². The molecule has 88 valence electrons. The summed E-state index contributed by atoms with van der Waals surface area (Å²) < 4.78 is 0. The zero-order valence-corrected chi connectivity index (χ0v) is 11.2. The lowest BCUT2D eigenvalue weighted by Gasteiger charge is -2.11. The van der Waals surface area contributed by atoms with Crippen LogP contribution in [0.2, 0.25) is 5.02 Å². The molecule has 2 aromatic carbocycles. The van der Waals surface area contributed by atoms with Crippen LogP contribution in [0.25, 0.3) is 0 Å². The van der Waals surface area contributed by atoms with Crippen LogP contribution in [0, 0.1) is 0 Å². The average molecular weight is 264 g/mol. The Kier molecular flexibility index (Phi) is 4.35. The first kappa shape index (κ1) is 12.3. The molecule has 2 aromatic rings. The molecule has 3 heteroatoms. The van der Waals surface area contributed by atoms with Gasteiger partial charge in [-0.05, 0) is 30.0 Å². The highest BCUT2D eigenvalue weighted by Crippen LogP contribution is 2.25. The molecule has 17 heavy (non-hydrogen) atoms. The van der Waals surface area contributed by atoms with E-state index in [1.54, 1.807) is 11.8 Å². The minimum atomic E-state index is 0.747. The summed E-state index contributed by atoms with van der Waals surface area (Å²) in [5.41, 5.74) is 2.27. The van der Waals surface area contributed by atoms with Crippen molar-refractivity contribution in [1.29, 1.82) is 0 Å². The van der Waals surface area contributed by atoms with E-state index in [1.165, 1.54) is 4.90 Å². The predicted octanol–water partition coefficient (Wildman–Crippen LogP) is 4.67. The van der Waals surface area contributed by atoms with Crippen molar-refractivity contribution >= 4 is 29.1 Å². The zero-order valence-electron chi connectivity index (χ0n) is 9.61. The molecule has 0 amide bonds. The van der Waals surface area contributed by atoms with Gasteiger partial charge >= 0.3 is 0 Å². The van der Waals surface area contributed by atoms with E-state index in [2.05, 4.69) is 23.7 Å². The number of para-hydroxylation sites is 1. The van der Waals surface area contributed by atoms with E-state index in [0.717, 1.165) is 22.8 Å². The number of benzene rings is 2. The monoisotopic (exact) mass is 263 g/mol. The van der Waals surface area contributed by atoms with Gasteiger partial charge in [-0.25, -0.2) is 0 Å². The van der Waals surface area contributed by atoms with Crippen molar-refractivity contribution in [2.24, 2.45) is 0 Å². The van der Waals surface area contributed by atoms with E-state index in [0.29, 0.717) is 0 Å². The molecule has 2 rings (SSSR count). The van der Waals surface area contributed by atoms with Crippen LogP contribution in [0.1, 0.15) is 5.56 Å². The van der Waals surface area contributed by atoms with Crippen molar-refractivity contribution in [3.8, 4) is 0 Å². The molecule has 0 saturated carbocycles. The van der Waals surface area contributed by atoms with Gasteiger partial charge in [-0.3, -0.25) is 0 Å². The van der Waals surface area contributed by atoms with E-state index in [4.69, 9.17) is 11.6 Å². The Morgan fingerprint density at radius 3 is 2.53 bits per heavy atom. The quantitative estimate of drug-likeness (QED) is 0.805. The number of hydrogen-bond donors (Lipinski definition) is 1. The Hall–Kier alpha value is -1.12. The fourth-order valence-corrected chi connectivity index (χ4v) is 2.40. The normalized spacial score (nSPS) is 10.2. The average Bonchev–Trinajstić information content (AvgIpc) is 2.38. The molecule has 0 aliphatic rings. The second-order valence-electron chi connectivity index (χ2n) is 3.65. The van der Waals surface area contributed by atoms with Gasteiger partial charge in [0.2, 0.25) is 0 Å². The Morgan fingerprint density at radius 2 is 1.76 bits per heavy atom. The molecule has 0 saturated heterocycles. The summed E-state index contributed by atoms with van der Waals surface area (Å²) in [5, 5.41) is 4.22. The molecule has 0 radical (unpaired) electrons. The minimum absolute atomic E-state index is 0.747. The third-order valence-corrected chi connectivity index (χ3v) is 3.70. The van der Waals surface area contributed by atoms with E-state index >= 15 is 0 Å². The fourth-order valence-electron chi connectivity index (χ4n) is 1.62. The predicted molar refractivity (Wildman–Crippen MR) is 77.0 cm³/mol. The van der Waals surface area contributed by atoms with Crippen LogP contribution in [0.4, 0.5) is 5.69 Å². The number of nitrogens with one attached hydrogen (secondary N) is 1. The van der Waals surface area contributed by atoms with E-state index in [-0.39, 0.29) is 0 Å². The Bertz CT molecular complexity index is 499. The molecule has 0 aromatic heterocycles. The summed E-state index contributed by atoms with van der Waals surface area (Å²) >= 11 is 7.86. The van der Waals surface area contributed by atoms with E-state index < -0.39 is 0 Å². The van der Waals surface area contributed by atoms with Gasteiger partial charge < -0.3 is 5.32 Å². The van der Waals surface area contributed by atoms with Gasteiger partial charge in [-0.2, -0.15) is 0 Å². The molecular weight excluding hydrogens is 250 g/mol. The molecule has 0 heterocycles. The van der Waals surface area contributed by atoms with Gasteiger partial charge in [0.15, 0.2) is 0 Å². The minimum Gasteiger partial charge on any atom is -0.380 e. The molecule has 1 nitrogen and oxygen atoms in total. The second kappa shape index (κ2) is 5.99. The standard InChI is InChI=1S/C14H14ClNS/c1-17-14-9-5-4-8-13(14)16-10-11-6-2-3-7-12(11)15/h2-9,16H,10H2,1H3. The maximum absolute atomic E-state index is 6.12. The van der Waals surface area contributed by atoms with Gasteiger partial charge in [0, 0.05) is 22.2 Å². The second-order valence-corrected chi connectivity index (χ2v) is 4.90. The topological polar surface area (TPSA) is 12.0 Å². The maximum atomic E-state index is 6.12. The highest BCUT2D eigenvalue weighted by Gasteiger charge is 2.01. The van der Waals surface area contributed by atoms with Crippen molar-refractivity contribution in [3.63, 3.8) is 0 Å². The van der Waals surface area contributed by atoms with Gasteiger partial charge in [-0.1, -0.05) is 41.9 Å². The van der Waals surface area contributed by atoms with Gasteiger partial charge in [0.25, 0.3) is 0 Å². The fraction of sp³-hybridized carbons (Fsp3) is 0.143. The summed E-state index contributed by atoms with van der Waals surface area (Å²) in [5.74, 6) is 0. The van der Waals surface area contributed by atoms with Crippen molar-refractivity contribution in [1.82, 2.24) is 0 Å². The van der Waals surface area contributed by atoms with Crippen LogP contribution < -0.4 is 5.32 Å². The van der Waals surface area contributed by atoms with E-state index in [9.17, 15) is 0 Å². The summed E-state index contributed by atoms with van der Waals surface area (Å²) in [7, 11) is 0. The molecule has 0 aliphatic heterocycles. The summed E-state index contributed by atoms with van der Waals surface area (Å²) in [6, 6.07) is 16.2. The van der Waals surface area contributed by atoms with Crippen LogP contribution in [-0.2, 0) is 6.54 Å². The summed E-state index contributed by atoms with van der Waals surface area (Å²) in [6.45, 7) is 0.747. The molecule has 0 bridgehead atoms. The largest absolute Gasteiger partial charge is 0.380 e. The first-order valence-electron chi connectivity index (χ1n) is 5.41. The summed E-state index contributed by atoms with van der Waals surface area (Å²) in [4.78, 5) is 1.25. The van der Waals surface area contributed by atoms with Gasteiger partial charge in [0.05, 0.1) is 0 Å². The molecular formula is C14H14ClNS. The van der Waals surface area contributed by atoms with Crippen LogP contribution >= 0.6 is 23.4 Å². The number of anilines is 1. The van der Waals surface area contributed by atoms with Gasteiger partial charge in [-0.15, -0.1) is 11.8 Å². The molecule has 0 fully saturated rings.